The number of hydrogen-bond acceptors (Lipinski definition) is 7. The molecule has 3 rings (SSSR count). The van der Waals surface area contributed by atoms with Gasteiger partial charge >= 0.3 is 6.03 Å². The Balaban J connectivity index is 1.73. The molecule has 0 radical (unpaired) electrons. The van der Waals surface area contributed by atoms with Gasteiger partial charge in [-0.15, -0.1) is 28.4 Å². The molecule has 2 amide bonds. The summed E-state index contributed by atoms with van der Waals surface area (Å²) in [6, 6.07) is 5.24. The van der Waals surface area contributed by atoms with Crippen molar-refractivity contribution < 1.29 is 17.9 Å². The highest BCUT2D eigenvalue weighted by Gasteiger charge is 2.53. The standard InChI is InChI=1S/C15H17Cl2N5O4S/c1-9-7-13(26-2)19-22(18-9)20-14(23)21-27(24,25)12-6-4-3-5-10(12)11-8-15(11,16)17/h3-7,11,18H,8H2,1-2H3,(H2,20,21,23). The van der Waals surface area contributed by atoms with Crippen LogP contribution in [0.2, 0.25) is 0 Å². The molecule has 0 spiro atoms. The summed E-state index contributed by atoms with van der Waals surface area (Å²) in [5.74, 6) is -0.0869. The van der Waals surface area contributed by atoms with Crippen molar-refractivity contribution in [2.45, 2.75) is 28.5 Å². The van der Waals surface area contributed by atoms with Gasteiger partial charge in [0.05, 0.1) is 12.0 Å². The number of urea groups is 1. The van der Waals surface area contributed by atoms with E-state index in [0.29, 0.717) is 17.7 Å². The van der Waals surface area contributed by atoms with Gasteiger partial charge in [0.15, 0.2) is 0 Å². The molecule has 9 nitrogen and oxygen atoms in total. The van der Waals surface area contributed by atoms with E-state index in [1.54, 1.807) is 31.2 Å². The Morgan fingerprint density at radius 1 is 1.41 bits per heavy atom. The van der Waals surface area contributed by atoms with Gasteiger partial charge in [0.25, 0.3) is 10.0 Å². The molecule has 0 aromatic heterocycles. The average Bonchev–Trinajstić information content (AvgIpc) is 3.22. The quantitative estimate of drug-likeness (QED) is 0.625. The summed E-state index contributed by atoms with van der Waals surface area (Å²) in [5.41, 5.74) is 6.05. The molecule has 12 heteroatoms. The number of carbonyl (C=O) groups is 1. The Bertz CT molecular complexity index is 932. The van der Waals surface area contributed by atoms with Crippen LogP contribution in [0.25, 0.3) is 0 Å². The van der Waals surface area contributed by atoms with Crippen molar-refractivity contribution in [3.63, 3.8) is 0 Å². The second kappa shape index (κ2) is 7.10. The van der Waals surface area contributed by atoms with Crippen molar-refractivity contribution in [1.29, 1.82) is 0 Å². The van der Waals surface area contributed by atoms with E-state index in [4.69, 9.17) is 27.9 Å². The first-order valence-electron chi connectivity index (χ1n) is 7.80. The number of halogens is 2. The van der Waals surface area contributed by atoms with Crippen LogP contribution in [0.1, 0.15) is 24.8 Å². The molecular weight excluding hydrogens is 417 g/mol. The van der Waals surface area contributed by atoms with Gasteiger partial charge in [-0.3, -0.25) is 5.43 Å². The number of alkyl halides is 2. The number of hydrogen-bond donors (Lipinski definition) is 3. The second-order valence-electron chi connectivity index (χ2n) is 6.00. The Morgan fingerprint density at radius 2 is 2.07 bits per heavy atom. The van der Waals surface area contributed by atoms with Crippen LogP contribution >= 0.6 is 23.2 Å². The highest BCUT2D eigenvalue weighted by molar-refractivity contribution is 7.90. The minimum Gasteiger partial charge on any atom is -0.480 e. The number of hydrazine groups is 2. The van der Waals surface area contributed by atoms with Crippen LogP contribution < -0.4 is 15.6 Å². The number of nitrogens with zero attached hydrogens (tertiary/aromatic N) is 2. The first-order chi connectivity index (χ1) is 12.6. The minimum atomic E-state index is -4.16. The van der Waals surface area contributed by atoms with Crippen LogP contribution in [0.4, 0.5) is 4.79 Å². The molecule has 1 aliphatic heterocycles. The number of amides is 2. The lowest BCUT2D eigenvalue weighted by atomic mass is 10.1. The fourth-order valence-corrected chi connectivity index (χ4v) is 4.27. The molecule has 0 saturated heterocycles. The molecule has 3 N–H and O–H groups in total. The number of allylic oxidation sites excluding steroid dienone is 1. The molecule has 27 heavy (non-hydrogen) atoms. The fourth-order valence-electron chi connectivity index (χ4n) is 2.55. The van der Waals surface area contributed by atoms with E-state index in [9.17, 15) is 13.2 Å². The molecular formula is C15H17Cl2N5O4S. The third-order valence-electron chi connectivity index (χ3n) is 3.87. The summed E-state index contributed by atoms with van der Waals surface area (Å²) in [6.45, 7) is 1.72. The summed E-state index contributed by atoms with van der Waals surface area (Å²) >= 11 is 12.1. The van der Waals surface area contributed by atoms with Gasteiger partial charge in [0, 0.05) is 17.7 Å². The van der Waals surface area contributed by atoms with E-state index in [1.807, 2.05) is 4.72 Å². The van der Waals surface area contributed by atoms with Crippen molar-refractivity contribution in [2.75, 3.05) is 7.11 Å². The average molecular weight is 434 g/mol. The molecule has 1 aromatic carbocycles. The number of sulfonamides is 1. The van der Waals surface area contributed by atoms with Crippen LogP contribution in [-0.4, -0.2) is 37.0 Å². The first kappa shape index (κ1) is 19.6. The summed E-state index contributed by atoms with van der Waals surface area (Å²) in [7, 11) is -2.74. The summed E-state index contributed by atoms with van der Waals surface area (Å²) in [4.78, 5) is 12.1. The maximum absolute atomic E-state index is 12.7. The molecule has 1 heterocycles. The van der Waals surface area contributed by atoms with E-state index >= 15 is 0 Å². The number of nitrogens with one attached hydrogen (secondary N) is 3. The number of methoxy groups -OCH3 is 1. The lowest BCUT2D eigenvalue weighted by molar-refractivity contribution is 0.138. The van der Waals surface area contributed by atoms with E-state index in [0.717, 1.165) is 5.23 Å². The molecule has 146 valence electrons. The number of rotatable bonds is 4. The van der Waals surface area contributed by atoms with Crippen molar-refractivity contribution in [1.82, 2.24) is 20.8 Å². The van der Waals surface area contributed by atoms with Gasteiger partial charge < -0.3 is 4.74 Å². The minimum absolute atomic E-state index is 0.0583. The lowest BCUT2D eigenvalue weighted by Gasteiger charge is -2.25. The van der Waals surface area contributed by atoms with E-state index in [2.05, 4.69) is 16.0 Å². The van der Waals surface area contributed by atoms with E-state index in [-0.39, 0.29) is 16.7 Å². The highest BCUT2D eigenvalue weighted by Crippen LogP contribution is 2.60. The number of hydrazone groups is 1. The van der Waals surface area contributed by atoms with Crippen LogP contribution in [0.15, 0.2) is 46.0 Å². The first-order valence-corrected chi connectivity index (χ1v) is 10.0. The summed E-state index contributed by atoms with van der Waals surface area (Å²) < 4.78 is 31.3. The molecule has 1 atom stereocenters. The van der Waals surface area contributed by atoms with Crippen molar-refractivity contribution in [3.05, 3.63) is 41.6 Å². The molecule has 1 aromatic rings. The van der Waals surface area contributed by atoms with Crippen molar-refractivity contribution in [3.8, 4) is 0 Å². The van der Waals surface area contributed by atoms with Gasteiger partial charge in [-0.1, -0.05) is 23.3 Å². The summed E-state index contributed by atoms with van der Waals surface area (Å²) in [5, 5.41) is 4.85. The maximum atomic E-state index is 12.7. The third kappa shape index (κ3) is 4.40. The zero-order valence-electron chi connectivity index (χ0n) is 14.4. The molecule has 1 fully saturated rings. The molecule has 1 saturated carbocycles. The van der Waals surface area contributed by atoms with E-state index in [1.165, 1.54) is 13.2 Å². The Morgan fingerprint density at radius 3 is 2.70 bits per heavy atom. The second-order valence-corrected chi connectivity index (χ2v) is 9.19. The van der Waals surface area contributed by atoms with Gasteiger partial charge in [0.2, 0.25) is 5.90 Å². The maximum Gasteiger partial charge on any atom is 0.350 e. The predicted octanol–water partition coefficient (Wildman–Crippen LogP) is 1.93. The van der Waals surface area contributed by atoms with Crippen LogP contribution in [0.3, 0.4) is 0 Å². The Labute approximate surface area is 166 Å². The van der Waals surface area contributed by atoms with Crippen molar-refractivity contribution in [2.24, 2.45) is 5.10 Å². The lowest BCUT2D eigenvalue weighted by Crippen LogP contribution is -2.53. The normalized spacial score (nSPS) is 20.7. The third-order valence-corrected chi connectivity index (χ3v) is 6.11. The number of benzene rings is 1. The van der Waals surface area contributed by atoms with Gasteiger partial charge in [-0.05, 0) is 25.0 Å². The van der Waals surface area contributed by atoms with Crippen LogP contribution in [-0.2, 0) is 14.8 Å². The largest absolute Gasteiger partial charge is 0.480 e. The number of ether oxygens (including phenoxy) is 1. The molecule has 2 aliphatic rings. The number of carbonyl (C=O) groups excluding carboxylic acids is 1. The monoisotopic (exact) mass is 433 g/mol. The zero-order valence-corrected chi connectivity index (χ0v) is 16.7. The smallest absolute Gasteiger partial charge is 0.350 e. The van der Waals surface area contributed by atoms with Crippen molar-refractivity contribution >= 4 is 45.2 Å². The predicted molar refractivity (Wildman–Crippen MR) is 100 cm³/mol. The zero-order chi connectivity index (χ0) is 19.8. The van der Waals surface area contributed by atoms with E-state index < -0.39 is 20.4 Å². The van der Waals surface area contributed by atoms with Gasteiger partial charge in [-0.2, -0.15) is 0 Å². The van der Waals surface area contributed by atoms with Gasteiger partial charge in [-0.25, -0.2) is 23.4 Å². The Hall–Kier alpha value is -2.17. The SMILES string of the molecule is COC1=NN(NC(=O)NS(=O)(=O)c2ccccc2C2CC2(Cl)Cl)NC(C)=C1. The molecule has 1 unspecified atom stereocenters. The molecule has 0 bridgehead atoms. The molecule has 1 aliphatic carbocycles. The van der Waals surface area contributed by atoms with Crippen LogP contribution in [0, 0.1) is 0 Å². The van der Waals surface area contributed by atoms with Crippen LogP contribution in [0.5, 0.6) is 0 Å². The highest BCUT2D eigenvalue weighted by atomic mass is 35.5. The fraction of sp³-hybridized carbons (Fsp3) is 0.333. The summed E-state index contributed by atoms with van der Waals surface area (Å²) in [6.07, 6.45) is 2.04. The Kier molecular flexibility index (Phi) is 5.15. The van der Waals surface area contributed by atoms with Gasteiger partial charge in [0.1, 0.15) is 4.33 Å². The topological polar surface area (TPSA) is 112 Å².